The van der Waals surface area contributed by atoms with Crippen LogP contribution in [0.1, 0.15) is 41.3 Å². The molecule has 2 aromatic rings. The van der Waals surface area contributed by atoms with Crippen molar-refractivity contribution in [3.63, 3.8) is 0 Å². The topological polar surface area (TPSA) is 41.9 Å². The monoisotopic (exact) mass is 336 g/mol. The zero-order valence-electron chi connectivity index (χ0n) is 14.9. The van der Waals surface area contributed by atoms with E-state index in [1.807, 2.05) is 18.3 Å². The third-order valence-corrected chi connectivity index (χ3v) is 4.39. The molecule has 0 aromatic heterocycles. The Kier molecular flexibility index (Phi) is 5.49. The maximum absolute atomic E-state index is 11.8. The second kappa shape index (κ2) is 7.97. The minimum absolute atomic E-state index is 0.314. The van der Waals surface area contributed by atoms with E-state index in [0.717, 1.165) is 24.3 Å². The average molecular weight is 336 g/mol. The Morgan fingerprint density at radius 1 is 1.20 bits per heavy atom. The summed E-state index contributed by atoms with van der Waals surface area (Å²) in [6, 6.07) is 13.6. The van der Waals surface area contributed by atoms with E-state index in [4.69, 9.17) is 4.74 Å². The van der Waals surface area contributed by atoms with Crippen molar-refractivity contribution < 1.29 is 9.53 Å². The van der Waals surface area contributed by atoms with Gasteiger partial charge in [0.25, 0.3) is 0 Å². The number of carbonyl (C=O) groups is 1. The van der Waals surface area contributed by atoms with E-state index in [1.54, 1.807) is 19.1 Å². The van der Waals surface area contributed by atoms with Gasteiger partial charge in [-0.3, -0.25) is 4.99 Å². The molecule has 0 N–H and O–H groups in total. The van der Waals surface area contributed by atoms with Gasteiger partial charge in [0.2, 0.25) is 0 Å². The SMILES string of the molecule is CCOC(=O)c1cccc(N=Cc2ccc(N3CCCC3)c(C)c2)c1. The Morgan fingerprint density at radius 3 is 2.72 bits per heavy atom. The minimum Gasteiger partial charge on any atom is -0.462 e. The molecule has 130 valence electrons. The molecule has 1 fully saturated rings. The van der Waals surface area contributed by atoms with Crippen LogP contribution in [0.15, 0.2) is 47.5 Å². The lowest BCUT2D eigenvalue weighted by molar-refractivity contribution is 0.0526. The summed E-state index contributed by atoms with van der Waals surface area (Å²) in [7, 11) is 0. The molecule has 0 saturated carbocycles. The van der Waals surface area contributed by atoms with Gasteiger partial charge in [-0.05, 0) is 68.1 Å². The highest BCUT2D eigenvalue weighted by Crippen LogP contribution is 2.25. The number of hydrogen-bond donors (Lipinski definition) is 0. The van der Waals surface area contributed by atoms with Crippen LogP contribution in [0.5, 0.6) is 0 Å². The summed E-state index contributed by atoms with van der Waals surface area (Å²) in [5.41, 5.74) is 4.91. The number of ether oxygens (including phenoxy) is 1. The van der Waals surface area contributed by atoms with Crippen molar-refractivity contribution in [3.05, 3.63) is 59.2 Å². The maximum Gasteiger partial charge on any atom is 0.338 e. The molecule has 0 bridgehead atoms. The van der Waals surface area contributed by atoms with Crippen molar-refractivity contribution in [2.45, 2.75) is 26.7 Å². The number of rotatable bonds is 5. The van der Waals surface area contributed by atoms with Crippen molar-refractivity contribution in [2.75, 3.05) is 24.6 Å². The number of nitrogens with zero attached hydrogens (tertiary/aromatic N) is 2. The lowest BCUT2D eigenvalue weighted by Crippen LogP contribution is -2.18. The summed E-state index contributed by atoms with van der Waals surface area (Å²) in [5.74, 6) is -0.314. The van der Waals surface area contributed by atoms with E-state index in [9.17, 15) is 4.79 Å². The molecule has 0 radical (unpaired) electrons. The van der Waals surface area contributed by atoms with Crippen LogP contribution in [0, 0.1) is 6.92 Å². The highest BCUT2D eigenvalue weighted by atomic mass is 16.5. The fourth-order valence-electron chi connectivity index (χ4n) is 3.15. The van der Waals surface area contributed by atoms with Crippen LogP contribution < -0.4 is 4.90 Å². The third kappa shape index (κ3) is 4.27. The third-order valence-electron chi connectivity index (χ3n) is 4.39. The molecule has 0 unspecified atom stereocenters. The molecular formula is C21H24N2O2. The van der Waals surface area contributed by atoms with Crippen LogP contribution in [0.2, 0.25) is 0 Å². The number of anilines is 1. The van der Waals surface area contributed by atoms with Crippen LogP contribution in [0.3, 0.4) is 0 Å². The standard InChI is InChI=1S/C21H24N2O2/c1-3-25-21(24)18-7-6-8-19(14-18)22-15-17-9-10-20(16(2)13-17)23-11-4-5-12-23/h6-10,13-15H,3-5,11-12H2,1-2H3. The van der Waals surface area contributed by atoms with E-state index >= 15 is 0 Å². The van der Waals surface area contributed by atoms with Gasteiger partial charge in [0.1, 0.15) is 0 Å². The molecule has 2 aromatic carbocycles. The van der Waals surface area contributed by atoms with Gasteiger partial charge in [0.15, 0.2) is 0 Å². The molecule has 1 aliphatic rings. The second-order valence-electron chi connectivity index (χ2n) is 6.27. The zero-order valence-corrected chi connectivity index (χ0v) is 14.9. The lowest BCUT2D eigenvalue weighted by Gasteiger charge is -2.20. The lowest BCUT2D eigenvalue weighted by atomic mass is 10.1. The molecule has 25 heavy (non-hydrogen) atoms. The zero-order chi connectivity index (χ0) is 17.6. The summed E-state index contributed by atoms with van der Waals surface area (Å²) in [6.45, 7) is 6.61. The number of aliphatic imine (C=N–C) groups is 1. The fourth-order valence-corrected chi connectivity index (χ4v) is 3.15. The average Bonchev–Trinajstić information content (AvgIpc) is 3.15. The summed E-state index contributed by atoms with van der Waals surface area (Å²) < 4.78 is 5.03. The van der Waals surface area contributed by atoms with Crippen molar-refractivity contribution in [1.29, 1.82) is 0 Å². The van der Waals surface area contributed by atoms with Crippen molar-refractivity contribution in [1.82, 2.24) is 0 Å². The van der Waals surface area contributed by atoms with Crippen molar-refractivity contribution in [3.8, 4) is 0 Å². The van der Waals surface area contributed by atoms with Crippen LogP contribution in [0.4, 0.5) is 11.4 Å². The molecule has 3 rings (SSSR count). The van der Waals surface area contributed by atoms with Gasteiger partial charge in [0, 0.05) is 25.0 Å². The van der Waals surface area contributed by atoms with E-state index in [-0.39, 0.29) is 5.97 Å². The first-order valence-corrected chi connectivity index (χ1v) is 8.84. The quantitative estimate of drug-likeness (QED) is 0.595. The van der Waals surface area contributed by atoms with E-state index in [1.165, 1.54) is 24.1 Å². The first-order chi connectivity index (χ1) is 12.2. The smallest absolute Gasteiger partial charge is 0.338 e. The predicted molar refractivity (Wildman–Crippen MR) is 102 cm³/mol. The molecule has 1 heterocycles. The molecule has 0 amide bonds. The van der Waals surface area contributed by atoms with Crippen molar-refractivity contribution in [2.24, 2.45) is 4.99 Å². The molecule has 4 nitrogen and oxygen atoms in total. The van der Waals surface area contributed by atoms with Gasteiger partial charge in [0.05, 0.1) is 17.9 Å². The Hall–Kier alpha value is -2.62. The molecule has 1 aliphatic heterocycles. The number of carbonyl (C=O) groups excluding carboxylic acids is 1. The van der Waals surface area contributed by atoms with Gasteiger partial charge >= 0.3 is 5.97 Å². The van der Waals surface area contributed by atoms with E-state index in [0.29, 0.717) is 12.2 Å². The van der Waals surface area contributed by atoms with E-state index in [2.05, 4.69) is 35.0 Å². The van der Waals surface area contributed by atoms with Gasteiger partial charge in [-0.1, -0.05) is 12.1 Å². The molecule has 0 spiro atoms. The van der Waals surface area contributed by atoms with Gasteiger partial charge in [-0.15, -0.1) is 0 Å². The van der Waals surface area contributed by atoms with Crippen LogP contribution in [0.25, 0.3) is 0 Å². The van der Waals surface area contributed by atoms with Crippen LogP contribution in [-0.2, 0) is 4.74 Å². The Bertz CT molecular complexity index is 777. The first-order valence-electron chi connectivity index (χ1n) is 8.84. The molecule has 0 atom stereocenters. The first kappa shape index (κ1) is 17.2. The highest BCUT2D eigenvalue weighted by molar-refractivity contribution is 5.91. The molecule has 4 heteroatoms. The summed E-state index contributed by atoms with van der Waals surface area (Å²) in [5, 5.41) is 0. The Morgan fingerprint density at radius 2 is 2.00 bits per heavy atom. The fraction of sp³-hybridized carbons (Fsp3) is 0.333. The van der Waals surface area contributed by atoms with Crippen LogP contribution >= 0.6 is 0 Å². The molecule has 1 saturated heterocycles. The largest absolute Gasteiger partial charge is 0.462 e. The number of benzene rings is 2. The van der Waals surface area contributed by atoms with Crippen LogP contribution in [-0.4, -0.2) is 31.9 Å². The summed E-state index contributed by atoms with van der Waals surface area (Å²) in [6.07, 6.45) is 4.39. The summed E-state index contributed by atoms with van der Waals surface area (Å²) >= 11 is 0. The highest BCUT2D eigenvalue weighted by Gasteiger charge is 2.14. The number of esters is 1. The maximum atomic E-state index is 11.8. The predicted octanol–water partition coefficient (Wildman–Crippen LogP) is 4.52. The van der Waals surface area contributed by atoms with Gasteiger partial charge in [-0.2, -0.15) is 0 Å². The van der Waals surface area contributed by atoms with Gasteiger partial charge in [-0.25, -0.2) is 4.79 Å². The molecule has 0 aliphatic carbocycles. The van der Waals surface area contributed by atoms with Gasteiger partial charge < -0.3 is 9.64 Å². The Balaban J connectivity index is 1.74. The number of hydrogen-bond acceptors (Lipinski definition) is 4. The summed E-state index contributed by atoms with van der Waals surface area (Å²) in [4.78, 5) is 18.7. The number of aryl methyl sites for hydroxylation is 1. The van der Waals surface area contributed by atoms with E-state index < -0.39 is 0 Å². The molecular weight excluding hydrogens is 312 g/mol. The normalized spacial score (nSPS) is 14.2. The second-order valence-corrected chi connectivity index (χ2v) is 6.27. The minimum atomic E-state index is -0.314. The van der Waals surface area contributed by atoms with Crippen molar-refractivity contribution >= 4 is 23.6 Å². The Labute approximate surface area is 149 Å².